The molecule has 106 valence electrons. The minimum absolute atomic E-state index is 0.435. The Bertz CT molecular complexity index is 391. The van der Waals surface area contributed by atoms with Gasteiger partial charge in [-0.2, -0.15) is 0 Å². The van der Waals surface area contributed by atoms with Crippen molar-refractivity contribution < 1.29 is 9.21 Å². The fourth-order valence-electron chi connectivity index (χ4n) is 2.83. The number of furan rings is 1. The molecule has 1 aliphatic carbocycles. The van der Waals surface area contributed by atoms with E-state index in [2.05, 4.69) is 18.7 Å². The fourth-order valence-corrected chi connectivity index (χ4v) is 2.83. The highest BCUT2D eigenvalue weighted by Gasteiger charge is 2.23. The molecule has 1 aliphatic rings. The molecule has 1 aromatic heterocycles. The second kappa shape index (κ2) is 6.90. The Labute approximate surface area is 116 Å². The Hall–Kier alpha value is -1.09. The van der Waals surface area contributed by atoms with E-state index in [9.17, 15) is 4.79 Å². The first-order valence-electron chi connectivity index (χ1n) is 7.47. The Balaban J connectivity index is 1.97. The molecule has 0 amide bonds. The van der Waals surface area contributed by atoms with Gasteiger partial charge in [0, 0.05) is 6.04 Å². The van der Waals surface area contributed by atoms with E-state index >= 15 is 0 Å². The zero-order valence-electron chi connectivity index (χ0n) is 12.1. The fraction of sp³-hybridized carbons (Fsp3) is 0.688. The van der Waals surface area contributed by atoms with E-state index in [0.717, 1.165) is 31.1 Å². The number of hydrogen-bond acceptors (Lipinski definition) is 3. The van der Waals surface area contributed by atoms with Gasteiger partial charge in [0.2, 0.25) is 0 Å². The van der Waals surface area contributed by atoms with E-state index in [1.165, 1.54) is 32.1 Å². The van der Waals surface area contributed by atoms with Gasteiger partial charge in [-0.15, -0.1) is 0 Å². The molecule has 2 rings (SSSR count). The van der Waals surface area contributed by atoms with Gasteiger partial charge in [-0.1, -0.05) is 26.7 Å². The van der Waals surface area contributed by atoms with Crippen LogP contribution in [0, 0.1) is 5.92 Å². The first-order chi connectivity index (χ1) is 9.19. The van der Waals surface area contributed by atoms with Crippen LogP contribution in [0.2, 0.25) is 0 Å². The molecule has 0 spiro atoms. The molecule has 19 heavy (non-hydrogen) atoms. The molecule has 0 N–H and O–H groups in total. The highest BCUT2D eigenvalue weighted by molar-refractivity contribution is 5.70. The summed E-state index contributed by atoms with van der Waals surface area (Å²) in [6.07, 6.45) is 7.30. The second-order valence-corrected chi connectivity index (χ2v) is 6.01. The summed E-state index contributed by atoms with van der Waals surface area (Å²) in [5.41, 5.74) is 0. The third-order valence-electron chi connectivity index (χ3n) is 3.99. The number of carbonyl (C=O) groups excluding carboxylic acids is 1. The van der Waals surface area contributed by atoms with Gasteiger partial charge in [-0.05, 0) is 43.9 Å². The zero-order chi connectivity index (χ0) is 13.7. The number of carbonyl (C=O) groups is 1. The molecule has 0 aromatic carbocycles. The molecule has 0 aliphatic heterocycles. The van der Waals surface area contributed by atoms with E-state index in [1.807, 2.05) is 6.07 Å². The third kappa shape index (κ3) is 4.20. The lowest BCUT2D eigenvalue weighted by Crippen LogP contribution is -2.34. The summed E-state index contributed by atoms with van der Waals surface area (Å²) in [5.74, 6) is 2.08. The van der Waals surface area contributed by atoms with Gasteiger partial charge in [0.1, 0.15) is 5.76 Å². The van der Waals surface area contributed by atoms with Gasteiger partial charge < -0.3 is 4.42 Å². The van der Waals surface area contributed by atoms with Gasteiger partial charge in [0.25, 0.3) is 0 Å². The van der Waals surface area contributed by atoms with Crippen LogP contribution in [-0.2, 0) is 6.54 Å². The Morgan fingerprint density at radius 1 is 1.37 bits per heavy atom. The van der Waals surface area contributed by atoms with Crippen molar-refractivity contribution in [3.05, 3.63) is 23.7 Å². The van der Waals surface area contributed by atoms with E-state index in [0.29, 0.717) is 11.8 Å². The van der Waals surface area contributed by atoms with Crippen LogP contribution in [0.4, 0.5) is 0 Å². The predicted molar refractivity (Wildman–Crippen MR) is 76.2 cm³/mol. The maximum absolute atomic E-state index is 10.7. The molecule has 0 atom stereocenters. The van der Waals surface area contributed by atoms with Crippen LogP contribution >= 0.6 is 0 Å². The minimum atomic E-state index is 0.435. The van der Waals surface area contributed by atoms with Gasteiger partial charge in [0.05, 0.1) is 6.54 Å². The van der Waals surface area contributed by atoms with Gasteiger partial charge >= 0.3 is 0 Å². The van der Waals surface area contributed by atoms with Gasteiger partial charge in [0.15, 0.2) is 12.0 Å². The molecular weight excluding hydrogens is 238 g/mol. The summed E-state index contributed by atoms with van der Waals surface area (Å²) in [4.78, 5) is 13.2. The lowest BCUT2D eigenvalue weighted by atomic mass is 10.1. The van der Waals surface area contributed by atoms with E-state index in [1.54, 1.807) is 6.07 Å². The molecule has 3 nitrogen and oxygen atoms in total. The zero-order valence-corrected chi connectivity index (χ0v) is 12.1. The molecule has 3 heteroatoms. The molecule has 0 radical (unpaired) electrons. The van der Waals surface area contributed by atoms with E-state index < -0.39 is 0 Å². The van der Waals surface area contributed by atoms with Crippen molar-refractivity contribution in [1.82, 2.24) is 4.90 Å². The van der Waals surface area contributed by atoms with Crippen molar-refractivity contribution >= 4 is 6.29 Å². The SMILES string of the molecule is CC(C)CCN(Cc1ccc(C=O)o1)C1CCCC1. The predicted octanol–water partition coefficient (Wildman–Crippen LogP) is 3.88. The summed E-state index contributed by atoms with van der Waals surface area (Å²) in [6, 6.07) is 4.39. The maximum Gasteiger partial charge on any atom is 0.185 e. The summed E-state index contributed by atoms with van der Waals surface area (Å²) in [7, 11) is 0. The molecule has 0 saturated heterocycles. The van der Waals surface area contributed by atoms with Gasteiger partial charge in [-0.25, -0.2) is 0 Å². The number of rotatable bonds is 7. The van der Waals surface area contributed by atoms with E-state index in [-0.39, 0.29) is 0 Å². The van der Waals surface area contributed by atoms with Crippen molar-refractivity contribution in [3.8, 4) is 0 Å². The monoisotopic (exact) mass is 263 g/mol. The van der Waals surface area contributed by atoms with Crippen molar-refractivity contribution in [1.29, 1.82) is 0 Å². The molecule has 0 bridgehead atoms. The highest BCUT2D eigenvalue weighted by atomic mass is 16.3. The van der Waals surface area contributed by atoms with Crippen molar-refractivity contribution in [2.45, 2.75) is 58.5 Å². The van der Waals surface area contributed by atoms with Crippen LogP contribution in [0.3, 0.4) is 0 Å². The largest absolute Gasteiger partial charge is 0.457 e. The Kier molecular flexibility index (Phi) is 5.20. The second-order valence-electron chi connectivity index (χ2n) is 6.01. The lowest BCUT2D eigenvalue weighted by molar-refractivity contribution is 0.109. The molecule has 1 fully saturated rings. The average Bonchev–Trinajstić information content (AvgIpc) is 3.05. The summed E-state index contributed by atoms with van der Waals surface area (Å²) in [6.45, 7) is 6.50. The standard InChI is InChI=1S/C16H25NO2/c1-13(2)9-10-17(14-5-3-4-6-14)11-15-7-8-16(12-18)19-15/h7-8,12-14H,3-6,9-11H2,1-2H3. The summed E-state index contributed by atoms with van der Waals surface area (Å²) in [5, 5.41) is 0. The topological polar surface area (TPSA) is 33.5 Å². The quantitative estimate of drug-likeness (QED) is 0.700. The van der Waals surface area contributed by atoms with Gasteiger partial charge in [-0.3, -0.25) is 9.69 Å². The summed E-state index contributed by atoms with van der Waals surface area (Å²) < 4.78 is 5.52. The lowest BCUT2D eigenvalue weighted by Gasteiger charge is -2.28. The van der Waals surface area contributed by atoms with Crippen molar-refractivity contribution in [3.63, 3.8) is 0 Å². The van der Waals surface area contributed by atoms with Crippen LogP contribution in [0.15, 0.2) is 16.5 Å². The van der Waals surface area contributed by atoms with Crippen LogP contribution in [0.1, 0.15) is 62.3 Å². The molecule has 0 unspecified atom stereocenters. The van der Waals surface area contributed by atoms with Crippen molar-refractivity contribution in [2.75, 3.05) is 6.54 Å². The average molecular weight is 263 g/mol. The number of hydrogen-bond donors (Lipinski definition) is 0. The van der Waals surface area contributed by atoms with Crippen LogP contribution in [0.25, 0.3) is 0 Å². The van der Waals surface area contributed by atoms with Crippen LogP contribution in [0.5, 0.6) is 0 Å². The normalized spacial score (nSPS) is 16.6. The highest BCUT2D eigenvalue weighted by Crippen LogP contribution is 2.26. The molecule has 1 heterocycles. The van der Waals surface area contributed by atoms with E-state index in [4.69, 9.17) is 4.42 Å². The molecule has 1 aromatic rings. The summed E-state index contributed by atoms with van der Waals surface area (Å²) >= 11 is 0. The number of nitrogens with zero attached hydrogens (tertiary/aromatic N) is 1. The van der Waals surface area contributed by atoms with Crippen LogP contribution < -0.4 is 0 Å². The third-order valence-corrected chi connectivity index (χ3v) is 3.99. The maximum atomic E-state index is 10.7. The minimum Gasteiger partial charge on any atom is -0.457 e. The van der Waals surface area contributed by atoms with Crippen LogP contribution in [-0.4, -0.2) is 23.8 Å². The molecule has 1 saturated carbocycles. The smallest absolute Gasteiger partial charge is 0.185 e. The first-order valence-corrected chi connectivity index (χ1v) is 7.47. The number of aldehydes is 1. The Morgan fingerprint density at radius 3 is 2.68 bits per heavy atom. The molecular formula is C16H25NO2. The Morgan fingerprint density at radius 2 is 2.11 bits per heavy atom. The van der Waals surface area contributed by atoms with Crippen molar-refractivity contribution in [2.24, 2.45) is 5.92 Å². The first kappa shape index (κ1) is 14.3.